The molecule has 3 heterocycles. The number of benzene rings is 7. The van der Waals surface area contributed by atoms with E-state index in [1.54, 1.807) is 0 Å². The number of rotatable bonds is 5. The minimum Gasteiger partial charge on any atom is -0.456 e. The molecule has 7 aromatic carbocycles. The van der Waals surface area contributed by atoms with Crippen LogP contribution >= 0.6 is 0 Å². The molecule has 234 valence electrons. The van der Waals surface area contributed by atoms with E-state index in [1.807, 2.05) is 66.7 Å². The topological polar surface area (TPSA) is 56.7 Å². The second kappa shape index (κ2) is 11.4. The van der Waals surface area contributed by atoms with Gasteiger partial charge < -0.3 is 8.98 Å². The fraction of sp³-hybridized carbons (Fsp3) is 0. The zero-order chi connectivity index (χ0) is 33.0. The molecule has 50 heavy (non-hydrogen) atoms. The van der Waals surface area contributed by atoms with Crippen LogP contribution in [0.4, 0.5) is 0 Å². The number of para-hydroxylation sites is 1. The molecule has 0 aliphatic heterocycles. The number of aromatic nitrogens is 4. The summed E-state index contributed by atoms with van der Waals surface area (Å²) in [5.74, 6) is 1.92. The fourth-order valence-electron chi connectivity index (χ4n) is 7.14. The van der Waals surface area contributed by atoms with Crippen LogP contribution in [0.5, 0.6) is 0 Å². The summed E-state index contributed by atoms with van der Waals surface area (Å²) in [6.07, 6.45) is 0. The molecule has 0 amide bonds. The molecule has 0 atom stereocenters. The summed E-state index contributed by atoms with van der Waals surface area (Å²) < 4.78 is 8.83. The van der Waals surface area contributed by atoms with Crippen molar-refractivity contribution in [3.05, 3.63) is 170 Å². The third-order valence-corrected chi connectivity index (χ3v) is 9.45. The summed E-state index contributed by atoms with van der Waals surface area (Å²) in [4.78, 5) is 14.9. The van der Waals surface area contributed by atoms with Gasteiger partial charge in [-0.25, -0.2) is 15.0 Å². The van der Waals surface area contributed by atoms with E-state index in [0.29, 0.717) is 17.5 Å². The highest BCUT2D eigenvalue weighted by Gasteiger charge is 2.18. The number of furan rings is 1. The zero-order valence-electron chi connectivity index (χ0n) is 26.9. The van der Waals surface area contributed by atoms with Crippen LogP contribution in [-0.4, -0.2) is 19.5 Å². The summed E-state index contributed by atoms with van der Waals surface area (Å²) in [6.45, 7) is 0. The van der Waals surface area contributed by atoms with E-state index in [0.717, 1.165) is 66.1 Å². The van der Waals surface area contributed by atoms with Crippen molar-refractivity contribution in [1.29, 1.82) is 0 Å². The van der Waals surface area contributed by atoms with Crippen molar-refractivity contribution in [3.63, 3.8) is 0 Å². The Balaban J connectivity index is 1.15. The van der Waals surface area contributed by atoms with Crippen molar-refractivity contribution in [2.45, 2.75) is 0 Å². The van der Waals surface area contributed by atoms with Crippen LogP contribution in [0.2, 0.25) is 0 Å². The molecule has 0 N–H and O–H groups in total. The van der Waals surface area contributed by atoms with Crippen LogP contribution in [0.25, 0.3) is 94.7 Å². The van der Waals surface area contributed by atoms with Crippen LogP contribution in [0.1, 0.15) is 0 Å². The second-order valence-electron chi connectivity index (χ2n) is 12.5. The highest BCUT2D eigenvalue weighted by Crippen LogP contribution is 2.39. The van der Waals surface area contributed by atoms with Gasteiger partial charge in [0.2, 0.25) is 0 Å². The molecule has 3 aromatic heterocycles. The Morgan fingerprint density at radius 3 is 1.68 bits per heavy atom. The Labute approximate surface area is 287 Å². The summed E-state index contributed by atoms with van der Waals surface area (Å²) in [6, 6.07) is 58.5. The molecule has 0 spiro atoms. The predicted octanol–water partition coefficient (Wildman–Crippen LogP) is 11.5. The Bertz CT molecular complexity index is 2800. The first-order chi connectivity index (χ1) is 24.8. The van der Waals surface area contributed by atoms with Crippen LogP contribution in [0.3, 0.4) is 0 Å². The van der Waals surface area contributed by atoms with Crippen LogP contribution < -0.4 is 0 Å². The molecule has 0 saturated carbocycles. The normalized spacial score (nSPS) is 11.6. The zero-order valence-corrected chi connectivity index (χ0v) is 26.9. The lowest BCUT2D eigenvalue weighted by atomic mass is 9.99. The van der Waals surface area contributed by atoms with E-state index in [4.69, 9.17) is 19.4 Å². The predicted molar refractivity (Wildman–Crippen MR) is 203 cm³/mol. The second-order valence-corrected chi connectivity index (χ2v) is 12.5. The van der Waals surface area contributed by atoms with E-state index in [-0.39, 0.29) is 0 Å². The minimum absolute atomic E-state index is 0.634. The molecule has 5 heteroatoms. The van der Waals surface area contributed by atoms with Crippen molar-refractivity contribution in [3.8, 4) is 51.0 Å². The average Bonchev–Trinajstić information content (AvgIpc) is 3.74. The Hall–Kier alpha value is -6.85. The summed E-state index contributed by atoms with van der Waals surface area (Å²) in [5.41, 5.74) is 10.2. The molecule has 0 radical (unpaired) electrons. The number of hydrogen-bond acceptors (Lipinski definition) is 4. The maximum Gasteiger partial charge on any atom is 0.164 e. The van der Waals surface area contributed by atoms with Crippen molar-refractivity contribution in [1.82, 2.24) is 19.5 Å². The molecule has 0 fully saturated rings. The van der Waals surface area contributed by atoms with Gasteiger partial charge in [-0.1, -0.05) is 121 Å². The molecule has 0 bridgehead atoms. The SMILES string of the molecule is c1ccc(-c2nc(-c3ccccc3)nc(-c3ccc4c(c3)c3ccccc3n4-c3ccc4c(c3)oc3cccc(-c5ccccc5)c34)n2)cc1. The summed E-state index contributed by atoms with van der Waals surface area (Å²) in [5, 5.41) is 4.51. The van der Waals surface area contributed by atoms with E-state index in [9.17, 15) is 0 Å². The van der Waals surface area contributed by atoms with Gasteiger partial charge in [-0.2, -0.15) is 0 Å². The Kier molecular flexibility index (Phi) is 6.42. The third-order valence-electron chi connectivity index (χ3n) is 9.45. The van der Waals surface area contributed by atoms with Gasteiger partial charge in [0.1, 0.15) is 11.2 Å². The van der Waals surface area contributed by atoms with Crippen molar-refractivity contribution in [2.75, 3.05) is 0 Å². The minimum atomic E-state index is 0.634. The molecule has 10 rings (SSSR count). The average molecular weight is 641 g/mol. The monoisotopic (exact) mass is 640 g/mol. The maximum absolute atomic E-state index is 6.51. The summed E-state index contributed by atoms with van der Waals surface area (Å²) in [7, 11) is 0. The van der Waals surface area contributed by atoms with E-state index in [2.05, 4.69) is 108 Å². The van der Waals surface area contributed by atoms with E-state index < -0.39 is 0 Å². The fourth-order valence-corrected chi connectivity index (χ4v) is 7.14. The third kappa shape index (κ3) is 4.60. The van der Waals surface area contributed by atoms with Crippen molar-refractivity contribution >= 4 is 43.7 Å². The Morgan fingerprint density at radius 2 is 0.980 bits per heavy atom. The molecule has 0 unspecified atom stereocenters. The lowest BCUT2D eigenvalue weighted by Gasteiger charge is -2.10. The van der Waals surface area contributed by atoms with Gasteiger partial charge in [-0.05, 0) is 53.6 Å². The smallest absolute Gasteiger partial charge is 0.164 e. The maximum atomic E-state index is 6.51. The number of nitrogens with zero attached hydrogens (tertiary/aromatic N) is 4. The van der Waals surface area contributed by atoms with Gasteiger partial charge in [0.25, 0.3) is 0 Å². The quantitative estimate of drug-likeness (QED) is 0.188. The van der Waals surface area contributed by atoms with Gasteiger partial charge in [0.15, 0.2) is 17.5 Å². The van der Waals surface area contributed by atoms with Gasteiger partial charge in [-0.3, -0.25) is 0 Å². The first kappa shape index (κ1) is 28.2. The molecule has 0 aliphatic carbocycles. The van der Waals surface area contributed by atoms with E-state index >= 15 is 0 Å². The summed E-state index contributed by atoms with van der Waals surface area (Å²) >= 11 is 0. The van der Waals surface area contributed by atoms with Gasteiger partial charge >= 0.3 is 0 Å². The van der Waals surface area contributed by atoms with Crippen molar-refractivity contribution < 1.29 is 4.42 Å². The van der Waals surface area contributed by atoms with Crippen LogP contribution in [0, 0.1) is 0 Å². The number of fused-ring (bicyclic) bond motifs is 6. The van der Waals surface area contributed by atoms with Crippen LogP contribution in [-0.2, 0) is 0 Å². The lowest BCUT2D eigenvalue weighted by molar-refractivity contribution is 0.668. The standard InChI is InChI=1S/C45H28N4O/c1-4-13-29(14-5-1)34-20-12-22-40-42(34)36-25-24-33(28-41(36)50-40)49-38-21-11-10-19-35(38)37-27-32(23-26-39(37)49)45-47-43(30-15-6-2-7-16-30)46-44(48-45)31-17-8-3-9-18-31/h1-28H. The molecular weight excluding hydrogens is 613 g/mol. The van der Waals surface area contributed by atoms with E-state index in [1.165, 1.54) is 11.1 Å². The molecule has 0 saturated heterocycles. The van der Waals surface area contributed by atoms with Gasteiger partial charge in [0, 0.05) is 50.0 Å². The highest BCUT2D eigenvalue weighted by molar-refractivity contribution is 6.14. The molecule has 5 nitrogen and oxygen atoms in total. The lowest BCUT2D eigenvalue weighted by Crippen LogP contribution is -2.00. The first-order valence-electron chi connectivity index (χ1n) is 16.7. The van der Waals surface area contributed by atoms with Crippen molar-refractivity contribution in [2.24, 2.45) is 0 Å². The van der Waals surface area contributed by atoms with Crippen LogP contribution in [0.15, 0.2) is 174 Å². The molecule has 10 aromatic rings. The first-order valence-corrected chi connectivity index (χ1v) is 16.7. The highest BCUT2D eigenvalue weighted by atomic mass is 16.3. The van der Waals surface area contributed by atoms with Gasteiger partial charge in [0.05, 0.1) is 11.0 Å². The Morgan fingerprint density at radius 1 is 0.380 bits per heavy atom. The molecule has 0 aliphatic rings. The number of hydrogen-bond donors (Lipinski definition) is 0. The molecular formula is C45H28N4O. The largest absolute Gasteiger partial charge is 0.456 e. The van der Waals surface area contributed by atoms with Gasteiger partial charge in [-0.15, -0.1) is 0 Å².